The zero-order chi connectivity index (χ0) is 16.2. The molecule has 6 heteroatoms. The first-order valence-corrected chi connectivity index (χ1v) is 6.85. The van der Waals surface area contributed by atoms with E-state index in [0.717, 1.165) is 0 Å². The van der Waals surface area contributed by atoms with Crippen molar-refractivity contribution in [1.29, 1.82) is 0 Å². The Bertz CT molecular complexity index is 592. The summed E-state index contributed by atoms with van der Waals surface area (Å²) < 4.78 is 10.3. The van der Waals surface area contributed by atoms with Gasteiger partial charge in [0.05, 0.1) is 19.9 Å². The van der Waals surface area contributed by atoms with Crippen molar-refractivity contribution in [3.05, 3.63) is 42.5 Å². The standard InChI is InChI=1S/C16H20N2O4/c1-21-12-3-4-13(14(10-12)22-2)18-15(19)9-11-5-7-16(17,20)8-6-11/h3-8,10-11,20H,9,17H2,1-2H3,(H,18,19). The van der Waals surface area contributed by atoms with Crippen molar-refractivity contribution in [2.45, 2.75) is 12.1 Å². The Labute approximate surface area is 129 Å². The fourth-order valence-corrected chi connectivity index (χ4v) is 2.13. The van der Waals surface area contributed by atoms with Gasteiger partial charge in [0.2, 0.25) is 5.91 Å². The molecule has 0 saturated heterocycles. The van der Waals surface area contributed by atoms with Crippen LogP contribution in [0.2, 0.25) is 0 Å². The number of nitrogens with one attached hydrogen (secondary N) is 1. The van der Waals surface area contributed by atoms with Crippen LogP contribution in [0.3, 0.4) is 0 Å². The van der Waals surface area contributed by atoms with Gasteiger partial charge in [0.25, 0.3) is 0 Å². The Morgan fingerprint density at radius 1 is 1.32 bits per heavy atom. The second kappa shape index (κ2) is 6.64. The average Bonchev–Trinajstić information content (AvgIpc) is 2.50. The molecule has 0 aromatic heterocycles. The minimum Gasteiger partial charge on any atom is -0.497 e. The molecule has 6 nitrogen and oxygen atoms in total. The van der Waals surface area contributed by atoms with Crippen molar-refractivity contribution < 1.29 is 19.4 Å². The maximum Gasteiger partial charge on any atom is 0.225 e. The van der Waals surface area contributed by atoms with E-state index in [2.05, 4.69) is 5.32 Å². The molecule has 0 fully saturated rings. The van der Waals surface area contributed by atoms with Crippen LogP contribution in [0.4, 0.5) is 5.69 Å². The number of anilines is 1. The largest absolute Gasteiger partial charge is 0.497 e. The van der Waals surface area contributed by atoms with Crippen LogP contribution in [0.5, 0.6) is 11.5 Å². The van der Waals surface area contributed by atoms with Crippen LogP contribution in [-0.2, 0) is 4.79 Å². The van der Waals surface area contributed by atoms with Gasteiger partial charge in [-0.05, 0) is 24.3 Å². The topological polar surface area (TPSA) is 93.8 Å². The molecule has 0 unspecified atom stereocenters. The van der Waals surface area contributed by atoms with E-state index in [4.69, 9.17) is 15.2 Å². The van der Waals surface area contributed by atoms with Gasteiger partial charge in [-0.25, -0.2) is 0 Å². The summed E-state index contributed by atoms with van der Waals surface area (Å²) in [7, 11) is 3.09. The minimum atomic E-state index is -1.42. The molecule has 1 amide bonds. The zero-order valence-corrected chi connectivity index (χ0v) is 12.6. The summed E-state index contributed by atoms with van der Waals surface area (Å²) in [5.41, 5.74) is 4.66. The van der Waals surface area contributed by atoms with Gasteiger partial charge in [-0.3, -0.25) is 10.5 Å². The third-order valence-corrected chi connectivity index (χ3v) is 3.32. The first kappa shape index (κ1) is 16.1. The Morgan fingerprint density at radius 3 is 2.59 bits per heavy atom. The predicted molar refractivity (Wildman–Crippen MR) is 83.7 cm³/mol. The highest BCUT2D eigenvalue weighted by molar-refractivity contribution is 5.92. The molecule has 0 spiro atoms. The molecular formula is C16H20N2O4. The number of rotatable bonds is 5. The number of methoxy groups -OCH3 is 2. The molecule has 1 aromatic carbocycles. The van der Waals surface area contributed by atoms with Crippen LogP contribution in [0.25, 0.3) is 0 Å². The van der Waals surface area contributed by atoms with Crippen molar-refractivity contribution in [3.63, 3.8) is 0 Å². The molecule has 118 valence electrons. The van der Waals surface area contributed by atoms with Gasteiger partial charge in [0.15, 0.2) is 5.72 Å². The van der Waals surface area contributed by atoms with E-state index in [1.807, 2.05) is 0 Å². The first-order valence-electron chi connectivity index (χ1n) is 6.85. The van der Waals surface area contributed by atoms with E-state index >= 15 is 0 Å². The van der Waals surface area contributed by atoms with Crippen LogP contribution in [0, 0.1) is 5.92 Å². The predicted octanol–water partition coefficient (Wildman–Crippen LogP) is 1.42. The lowest BCUT2D eigenvalue weighted by Crippen LogP contribution is -2.36. The van der Waals surface area contributed by atoms with Crippen LogP contribution in [0.1, 0.15) is 6.42 Å². The van der Waals surface area contributed by atoms with E-state index < -0.39 is 5.72 Å². The van der Waals surface area contributed by atoms with E-state index in [1.54, 1.807) is 37.5 Å². The fourth-order valence-electron chi connectivity index (χ4n) is 2.13. The smallest absolute Gasteiger partial charge is 0.225 e. The van der Waals surface area contributed by atoms with Gasteiger partial charge in [-0.2, -0.15) is 0 Å². The Morgan fingerprint density at radius 2 is 2.00 bits per heavy atom. The molecule has 4 N–H and O–H groups in total. The minimum absolute atomic E-state index is 0.104. The quantitative estimate of drug-likeness (QED) is 0.565. The summed E-state index contributed by atoms with van der Waals surface area (Å²) in [6.45, 7) is 0. The molecule has 0 aliphatic heterocycles. The van der Waals surface area contributed by atoms with Crippen LogP contribution < -0.4 is 20.5 Å². The number of allylic oxidation sites excluding steroid dienone is 2. The summed E-state index contributed by atoms with van der Waals surface area (Å²) in [5.74, 6) is 0.910. The van der Waals surface area contributed by atoms with Crippen molar-refractivity contribution in [2.75, 3.05) is 19.5 Å². The molecule has 0 bridgehead atoms. The van der Waals surface area contributed by atoms with Crippen molar-refractivity contribution in [3.8, 4) is 11.5 Å². The molecule has 22 heavy (non-hydrogen) atoms. The molecule has 2 rings (SSSR count). The number of amides is 1. The Balaban J connectivity index is 2.00. The van der Waals surface area contributed by atoms with Crippen LogP contribution in [0.15, 0.2) is 42.5 Å². The van der Waals surface area contributed by atoms with Gasteiger partial charge in [0, 0.05) is 18.4 Å². The van der Waals surface area contributed by atoms with E-state index in [9.17, 15) is 9.90 Å². The molecule has 0 atom stereocenters. The van der Waals surface area contributed by atoms with Gasteiger partial charge < -0.3 is 19.9 Å². The number of hydrogen-bond acceptors (Lipinski definition) is 5. The maximum atomic E-state index is 12.1. The fraction of sp³-hybridized carbons (Fsp3) is 0.312. The summed E-state index contributed by atoms with van der Waals surface area (Å²) in [6.07, 6.45) is 6.62. The number of hydrogen-bond donors (Lipinski definition) is 3. The lowest BCUT2D eigenvalue weighted by molar-refractivity contribution is -0.116. The number of ether oxygens (including phenoxy) is 2. The summed E-state index contributed by atoms with van der Waals surface area (Å²) in [4.78, 5) is 12.1. The summed E-state index contributed by atoms with van der Waals surface area (Å²) in [6, 6.07) is 5.17. The second-order valence-electron chi connectivity index (χ2n) is 5.09. The molecule has 0 heterocycles. The van der Waals surface area contributed by atoms with E-state index in [1.165, 1.54) is 19.3 Å². The summed E-state index contributed by atoms with van der Waals surface area (Å²) in [5, 5.41) is 12.4. The molecule has 0 radical (unpaired) electrons. The highest BCUT2D eigenvalue weighted by Gasteiger charge is 2.20. The van der Waals surface area contributed by atoms with Crippen molar-refractivity contribution in [1.82, 2.24) is 0 Å². The molecular weight excluding hydrogens is 284 g/mol. The van der Waals surface area contributed by atoms with Gasteiger partial charge in [0.1, 0.15) is 11.5 Å². The van der Waals surface area contributed by atoms with E-state index in [0.29, 0.717) is 17.2 Å². The highest BCUT2D eigenvalue weighted by Crippen LogP contribution is 2.29. The number of carbonyl (C=O) groups is 1. The summed E-state index contributed by atoms with van der Waals surface area (Å²) >= 11 is 0. The first-order chi connectivity index (χ1) is 10.4. The van der Waals surface area contributed by atoms with Crippen molar-refractivity contribution >= 4 is 11.6 Å². The molecule has 1 aromatic rings. The number of nitrogens with two attached hydrogens (primary N) is 1. The number of benzene rings is 1. The monoisotopic (exact) mass is 304 g/mol. The molecule has 0 saturated carbocycles. The second-order valence-corrected chi connectivity index (χ2v) is 5.09. The maximum absolute atomic E-state index is 12.1. The van der Waals surface area contributed by atoms with E-state index in [-0.39, 0.29) is 18.2 Å². The third kappa shape index (κ3) is 4.09. The Kier molecular flexibility index (Phi) is 4.85. The van der Waals surface area contributed by atoms with Crippen LogP contribution >= 0.6 is 0 Å². The normalized spacial score (nSPS) is 23.2. The van der Waals surface area contributed by atoms with Crippen molar-refractivity contribution in [2.24, 2.45) is 11.7 Å². The zero-order valence-electron chi connectivity index (χ0n) is 12.6. The lowest BCUT2D eigenvalue weighted by Gasteiger charge is -2.20. The number of carbonyl (C=O) groups excluding carboxylic acids is 1. The SMILES string of the molecule is COc1ccc(NC(=O)CC2C=CC(N)(O)C=C2)c(OC)c1. The third-order valence-electron chi connectivity index (χ3n) is 3.32. The Hall–Kier alpha value is -2.31. The van der Waals surface area contributed by atoms with Gasteiger partial charge in [-0.1, -0.05) is 12.2 Å². The van der Waals surface area contributed by atoms with Gasteiger partial charge >= 0.3 is 0 Å². The number of aliphatic hydroxyl groups is 1. The highest BCUT2D eigenvalue weighted by atomic mass is 16.5. The molecule has 1 aliphatic carbocycles. The van der Waals surface area contributed by atoms with Gasteiger partial charge in [-0.15, -0.1) is 0 Å². The average molecular weight is 304 g/mol. The molecule has 1 aliphatic rings. The lowest BCUT2D eigenvalue weighted by atomic mass is 9.96. The van der Waals surface area contributed by atoms with Crippen LogP contribution in [-0.4, -0.2) is 31.0 Å².